The molecule has 1 unspecified atom stereocenters. The molecule has 0 fully saturated rings. The number of halogens is 1. The first-order valence-electron chi connectivity index (χ1n) is 7.78. The van der Waals surface area contributed by atoms with E-state index >= 15 is 0 Å². The highest BCUT2D eigenvalue weighted by molar-refractivity contribution is 6.31. The quantitative estimate of drug-likeness (QED) is 0.717. The number of likely N-dealkylation sites (N-methyl/N-ethyl adjacent to an activating group) is 1. The van der Waals surface area contributed by atoms with Gasteiger partial charge < -0.3 is 15.1 Å². The van der Waals surface area contributed by atoms with Crippen molar-refractivity contribution in [3.63, 3.8) is 0 Å². The SMILES string of the molecule is CCN(CC)CCC(NC)c1c(Cl)cnn1CCN(C)C. The van der Waals surface area contributed by atoms with Crippen molar-refractivity contribution in [3.05, 3.63) is 16.9 Å². The van der Waals surface area contributed by atoms with Crippen molar-refractivity contribution in [2.45, 2.75) is 32.9 Å². The van der Waals surface area contributed by atoms with Crippen molar-refractivity contribution >= 4 is 11.6 Å². The van der Waals surface area contributed by atoms with Gasteiger partial charge in [-0.25, -0.2) is 0 Å². The highest BCUT2D eigenvalue weighted by Gasteiger charge is 2.19. The van der Waals surface area contributed by atoms with Crippen molar-refractivity contribution < 1.29 is 0 Å². The highest BCUT2D eigenvalue weighted by atomic mass is 35.5. The fourth-order valence-electron chi connectivity index (χ4n) is 2.46. The molecule has 1 aromatic rings. The van der Waals surface area contributed by atoms with Gasteiger partial charge in [0.25, 0.3) is 0 Å². The Kier molecular flexibility index (Phi) is 8.26. The van der Waals surface area contributed by atoms with Gasteiger partial charge in [-0.3, -0.25) is 4.68 Å². The first-order chi connectivity index (χ1) is 10.0. The largest absolute Gasteiger partial charge is 0.312 e. The molecule has 1 heterocycles. The zero-order valence-electron chi connectivity index (χ0n) is 14.1. The van der Waals surface area contributed by atoms with Crippen molar-refractivity contribution in [2.24, 2.45) is 0 Å². The third-order valence-corrected chi connectivity index (χ3v) is 4.19. The molecule has 5 nitrogen and oxygen atoms in total. The third-order valence-electron chi connectivity index (χ3n) is 3.90. The van der Waals surface area contributed by atoms with Gasteiger partial charge in [0.2, 0.25) is 0 Å². The molecule has 1 aromatic heterocycles. The molecule has 1 atom stereocenters. The Morgan fingerprint density at radius 1 is 1.29 bits per heavy atom. The maximum Gasteiger partial charge on any atom is 0.0834 e. The van der Waals surface area contributed by atoms with Crippen LogP contribution in [0.5, 0.6) is 0 Å². The lowest BCUT2D eigenvalue weighted by molar-refractivity contribution is 0.280. The summed E-state index contributed by atoms with van der Waals surface area (Å²) in [7, 11) is 6.13. The number of nitrogens with zero attached hydrogens (tertiary/aromatic N) is 4. The van der Waals surface area contributed by atoms with E-state index in [0.717, 1.165) is 49.9 Å². The van der Waals surface area contributed by atoms with Crippen LogP contribution in [0.4, 0.5) is 0 Å². The van der Waals surface area contributed by atoms with E-state index in [-0.39, 0.29) is 6.04 Å². The van der Waals surface area contributed by atoms with Gasteiger partial charge >= 0.3 is 0 Å². The van der Waals surface area contributed by atoms with Gasteiger partial charge in [-0.15, -0.1) is 0 Å². The summed E-state index contributed by atoms with van der Waals surface area (Å²) >= 11 is 6.37. The van der Waals surface area contributed by atoms with E-state index in [0.29, 0.717) is 0 Å². The Labute approximate surface area is 134 Å². The Bertz CT molecular complexity index is 401. The second-order valence-electron chi connectivity index (χ2n) is 5.56. The zero-order valence-corrected chi connectivity index (χ0v) is 14.8. The maximum atomic E-state index is 6.37. The lowest BCUT2D eigenvalue weighted by atomic mass is 10.1. The van der Waals surface area contributed by atoms with Crippen LogP contribution in [0.3, 0.4) is 0 Å². The number of hydrogen-bond acceptors (Lipinski definition) is 4. The normalized spacial score (nSPS) is 13.3. The maximum absolute atomic E-state index is 6.37. The van der Waals surface area contributed by atoms with Crippen LogP contribution in [-0.4, -0.2) is 66.9 Å². The van der Waals surface area contributed by atoms with Gasteiger partial charge in [0.1, 0.15) is 0 Å². The van der Waals surface area contributed by atoms with Crippen LogP contribution >= 0.6 is 11.6 Å². The van der Waals surface area contributed by atoms with E-state index in [9.17, 15) is 0 Å². The monoisotopic (exact) mass is 315 g/mol. The summed E-state index contributed by atoms with van der Waals surface area (Å²) in [4.78, 5) is 4.59. The van der Waals surface area contributed by atoms with E-state index in [2.05, 4.69) is 48.2 Å². The van der Waals surface area contributed by atoms with Crippen molar-refractivity contribution in [2.75, 3.05) is 47.3 Å². The molecular formula is C15H30ClN5. The van der Waals surface area contributed by atoms with Crippen LogP contribution in [0, 0.1) is 0 Å². The third kappa shape index (κ3) is 5.58. The summed E-state index contributed by atoms with van der Waals surface area (Å²) in [6.07, 6.45) is 2.79. The molecule has 0 bridgehead atoms. The number of rotatable bonds is 10. The highest BCUT2D eigenvalue weighted by Crippen LogP contribution is 2.25. The molecule has 1 N–H and O–H groups in total. The standard InChI is InChI=1S/C15H30ClN5/c1-6-20(7-2)9-8-14(17-3)15-13(16)12-18-21(15)11-10-19(4)5/h12,14,17H,6-11H2,1-5H3. The number of aromatic nitrogens is 2. The van der Waals surface area contributed by atoms with Crippen LogP contribution in [0.25, 0.3) is 0 Å². The molecule has 0 aliphatic rings. The molecule has 0 aliphatic heterocycles. The van der Waals surface area contributed by atoms with Gasteiger partial charge in [-0.2, -0.15) is 5.10 Å². The Hall–Kier alpha value is -0.620. The smallest absolute Gasteiger partial charge is 0.0834 e. The fraction of sp³-hybridized carbons (Fsp3) is 0.800. The molecule has 0 radical (unpaired) electrons. The van der Waals surface area contributed by atoms with E-state index in [1.54, 1.807) is 6.20 Å². The van der Waals surface area contributed by atoms with E-state index < -0.39 is 0 Å². The Morgan fingerprint density at radius 3 is 2.48 bits per heavy atom. The van der Waals surface area contributed by atoms with Crippen LogP contribution in [-0.2, 0) is 6.54 Å². The van der Waals surface area contributed by atoms with Gasteiger partial charge in [-0.05, 0) is 47.2 Å². The van der Waals surface area contributed by atoms with E-state index in [1.807, 2.05) is 11.7 Å². The summed E-state index contributed by atoms with van der Waals surface area (Å²) in [5.74, 6) is 0. The van der Waals surface area contributed by atoms with Gasteiger partial charge in [0.15, 0.2) is 0 Å². The second-order valence-corrected chi connectivity index (χ2v) is 5.97. The van der Waals surface area contributed by atoms with Crippen LogP contribution in [0.2, 0.25) is 5.02 Å². The van der Waals surface area contributed by atoms with Crippen LogP contribution in [0.1, 0.15) is 32.0 Å². The second kappa shape index (κ2) is 9.41. The molecule has 0 saturated heterocycles. The summed E-state index contributed by atoms with van der Waals surface area (Å²) in [5, 5.41) is 8.58. The average Bonchev–Trinajstić information content (AvgIpc) is 2.83. The van der Waals surface area contributed by atoms with Gasteiger partial charge in [-0.1, -0.05) is 25.4 Å². The van der Waals surface area contributed by atoms with Gasteiger partial charge in [0.05, 0.1) is 29.5 Å². The molecule has 6 heteroatoms. The number of nitrogens with one attached hydrogen (secondary N) is 1. The summed E-state index contributed by atoms with van der Waals surface area (Å²) in [6.45, 7) is 9.45. The van der Waals surface area contributed by atoms with Crippen molar-refractivity contribution in [3.8, 4) is 0 Å². The molecule has 0 saturated carbocycles. The van der Waals surface area contributed by atoms with Crippen LogP contribution < -0.4 is 5.32 Å². The van der Waals surface area contributed by atoms with Gasteiger partial charge in [0, 0.05) is 6.54 Å². The Balaban J connectivity index is 2.77. The average molecular weight is 316 g/mol. The minimum atomic E-state index is 0.239. The predicted molar refractivity (Wildman–Crippen MR) is 90.0 cm³/mol. The first kappa shape index (κ1) is 18.4. The molecule has 0 amide bonds. The number of hydrogen-bond donors (Lipinski definition) is 1. The fourth-order valence-corrected chi connectivity index (χ4v) is 2.73. The molecule has 0 aromatic carbocycles. The van der Waals surface area contributed by atoms with E-state index in [4.69, 9.17) is 11.6 Å². The minimum Gasteiger partial charge on any atom is -0.312 e. The zero-order chi connectivity index (χ0) is 15.8. The molecule has 0 spiro atoms. The van der Waals surface area contributed by atoms with Crippen LogP contribution in [0.15, 0.2) is 6.20 Å². The molecule has 0 aliphatic carbocycles. The lowest BCUT2D eigenvalue weighted by Gasteiger charge is -2.24. The lowest BCUT2D eigenvalue weighted by Crippen LogP contribution is -2.30. The van der Waals surface area contributed by atoms with E-state index in [1.165, 1.54) is 0 Å². The topological polar surface area (TPSA) is 36.3 Å². The van der Waals surface area contributed by atoms with Crippen molar-refractivity contribution in [1.29, 1.82) is 0 Å². The predicted octanol–water partition coefficient (Wildman–Crippen LogP) is 2.09. The summed E-state index contributed by atoms with van der Waals surface area (Å²) in [5.41, 5.74) is 1.10. The molecule has 21 heavy (non-hydrogen) atoms. The Morgan fingerprint density at radius 2 is 1.95 bits per heavy atom. The summed E-state index contributed by atoms with van der Waals surface area (Å²) in [6, 6.07) is 0.239. The minimum absolute atomic E-state index is 0.239. The molecular weight excluding hydrogens is 286 g/mol. The summed E-state index contributed by atoms with van der Waals surface area (Å²) < 4.78 is 2.03. The van der Waals surface area contributed by atoms with Crippen molar-refractivity contribution in [1.82, 2.24) is 24.9 Å². The molecule has 122 valence electrons. The molecule has 1 rings (SSSR count). The first-order valence-corrected chi connectivity index (χ1v) is 8.16.